The summed E-state index contributed by atoms with van der Waals surface area (Å²) in [4.78, 5) is 39.0. The highest BCUT2D eigenvalue weighted by Crippen LogP contribution is 2.35. The monoisotopic (exact) mass is 395 g/mol. The predicted molar refractivity (Wildman–Crippen MR) is 86.9 cm³/mol. The lowest BCUT2D eigenvalue weighted by atomic mass is 9.85. The van der Waals surface area contributed by atoms with E-state index in [-0.39, 0.29) is 25.9 Å². The molecule has 0 aromatic heterocycles. The van der Waals surface area contributed by atoms with Gasteiger partial charge in [0.15, 0.2) is 0 Å². The van der Waals surface area contributed by atoms with Crippen LogP contribution in [0.15, 0.2) is 0 Å². The van der Waals surface area contributed by atoms with Crippen LogP contribution in [0.25, 0.3) is 0 Å². The summed E-state index contributed by atoms with van der Waals surface area (Å²) in [6, 6.07) is -3.04. The summed E-state index contributed by atoms with van der Waals surface area (Å²) in [5.41, 5.74) is -2.26. The summed E-state index contributed by atoms with van der Waals surface area (Å²) in [6.07, 6.45) is -5.30. The zero-order chi connectivity index (χ0) is 20.6. The molecule has 1 unspecified atom stereocenters. The van der Waals surface area contributed by atoms with Gasteiger partial charge in [0, 0.05) is 13.1 Å². The summed E-state index contributed by atoms with van der Waals surface area (Å²) in [7, 11) is 1.11. The number of hydrogen-bond donors (Lipinski definition) is 1. The van der Waals surface area contributed by atoms with E-state index in [1.54, 1.807) is 20.8 Å². The van der Waals surface area contributed by atoms with Gasteiger partial charge in [0.05, 0.1) is 13.7 Å². The highest BCUT2D eigenvalue weighted by Gasteiger charge is 2.57. The molecule has 27 heavy (non-hydrogen) atoms. The maximum atomic E-state index is 13.0. The van der Waals surface area contributed by atoms with Gasteiger partial charge in [0.1, 0.15) is 17.2 Å². The minimum absolute atomic E-state index is 0.0447. The molecule has 8 nitrogen and oxygen atoms in total. The molecule has 2 aliphatic rings. The number of likely N-dealkylation sites (tertiary alicyclic amines) is 1. The Kier molecular flexibility index (Phi) is 5.53. The van der Waals surface area contributed by atoms with E-state index in [0.717, 1.165) is 12.0 Å². The number of nitrogens with one attached hydrogen (secondary N) is 1. The molecule has 0 bridgehead atoms. The number of urea groups is 1. The Bertz CT molecular complexity index is 609. The number of rotatable bonds is 2. The molecule has 0 aromatic carbocycles. The molecule has 11 heteroatoms. The Morgan fingerprint density at radius 1 is 1.19 bits per heavy atom. The summed E-state index contributed by atoms with van der Waals surface area (Å²) in [5.74, 6) is -0.802. The van der Waals surface area contributed by atoms with Crippen molar-refractivity contribution in [1.82, 2.24) is 15.1 Å². The van der Waals surface area contributed by atoms with E-state index in [4.69, 9.17) is 9.47 Å². The zero-order valence-electron chi connectivity index (χ0n) is 15.7. The minimum Gasteiger partial charge on any atom is -0.467 e. The van der Waals surface area contributed by atoms with Crippen molar-refractivity contribution < 1.29 is 37.0 Å². The fourth-order valence-electron chi connectivity index (χ4n) is 3.25. The van der Waals surface area contributed by atoms with Crippen LogP contribution in [-0.2, 0) is 14.3 Å². The van der Waals surface area contributed by atoms with Crippen molar-refractivity contribution in [3.05, 3.63) is 0 Å². The second-order valence-electron chi connectivity index (χ2n) is 7.64. The van der Waals surface area contributed by atoms with Gasteiger partial charge in [0.2, 0.25) is 0 Å². The van der Waals surface area contributed by atoms with Gasteiger partial charge in [-0.1, -0.05) is 0 Å². The standard InChI is InChI=1S/C16H24F3N3O5/c1-14(2,3)27-13(25)21-7-5-15(6-8-21,11(23)26-4)22-9-10(16(17,18)19)20-12(22)24/h10H,5-9H2,1-4H3,(H,20,24). The average molecular weight is 395 g/mol. The van der Waals surface area contributed by atoms with Gasteiger partial charge in [-0.25, -0.2) is 14.4 Å². The molecule has 0 saturated carbocycles. The van der Waals surface area contributed by atoms with Gasteiger partial charge in [-0.3, -0.25) is 0 Å². The van der Waals surface area contributed by atoms with Gasteiger partial charge in [-0.05, 0) is 33.6 Å². The smallest absolute Gasteiger partial charge is 0.410 e. The summed E-state index contributed by atoms with van der Waals surface area (Å²) in [5, 5.41) is 1.86. The van der Waals surface area contributed by atoms with Crippen LogP contribution >= 0.6 is 0 Å². The fourth-order valence-corrected chi connectivity index (χ4v) is 3.25. The van der Waals surface area contributed by atoms with Gasteiger partial charge in [-0.15, -0.1) is 0 Å². The lowest BCUT2D eigenvalue weighted by molar-refractivity contribution is -0.162. The largest absolute Gasteiger partial charge is 0.467 e. The first-order chi connectivity index (χ1) is 12.3. The molecule has 2 fully saturated rings. The van der Waals surface area contributed by atoms with Gasteiger partial charge >= 0.3 is 24.3 Å². The predicted octanol–water partition coefficient (Wildman–Crippen LogP) is 1.89. The Labute approximate surface area is 154 Å². The summed E-state index contributed by atoms with van der Waals surface area (Å²) >= 11 is 0. The first-order valence-electron chi connectivity index (χ1n) is 8.51. The molecule has 0 aromatic rings. The van der Waals surface area contributed by atoms with E-state index in [2.05, 4.69) is 0 Å². The van der Waals surface area contributed by atoms with Crippen molar-refractivity contribution in [3.63, 3.8) is 0 Å². The van der Waals surface area contributed by atoms with Crippen molar-refractivity contribution in [1.29, 1.82) is 0 Å². The average Bonchev–Trinajstić information content (AvgIpc) is 2.95. The van der Waals surface area contributed by atoms with Crippen molar-refractivity contribution in [3.8, 4) is 0 Å². The van der Waals surface area contributed by atoms with Crippen LogP contribution in [0.4, 0.5) is 22.8 Å². The lowest BCUT2D eigenvalue weighted by Gasteiger charge is -2.44. The second kappa shape index (κ2) is 7.08. The fraction of sp³-hybridized carbons (Fsp3) is 0.812. The Balaban J connectivity index is 2.17. The number of halogens is 3. The van der Waals surface area contributed by atoms with E-state index in [9.17, 15) is 27.6 Å². The number of carbonyl (C=O) groups excluding carboxylic acids is 3. The summed E-state index contributed by atoms with van der Waals surface area (Å²) < 4.78 is 49.0. The van der Waals surface area contributed by atoms with Crippen LogP contribution in [0, 0.1) is 0 Å². The van der Waals surface area contributed by atoms with Gasteiger partial charge in [0.25, 0.3) is 0 Å². The molecule has 0 spiro atoms. The second-order valence-corrected chi connectivity index (χ2v) is 7.64. The van der Waals surface area contributed by atoms with Crippen molar-refractivity contribution in [2.24, 2.45) is 0 Å². The molecular formula is C16H24F3N3O5. The molecule has 2 rings (SSSR count). The van der Waals surface area contributed by atoms with Crippen LogP contribution in [-0.4, -0.2) is 78.0 Å². The molecule has 3 amide bonds. The number of alkyl halides is 3. The maximum absolute atomic E-state index is 13.0. The number of amides is 3. The SMILES string of the molecule is COC(=O)C1(N2CC(C(F)(F)F)NC2=O)CCN(C(=O)OC(C)(C)C)CC1. The number of ether oxygens (including phenoxy) is 2. The summed E-state index contributed by atoms with van der Waals surface area (Å²) in [6.45, 7) is 4.52. The number of nitrogens with zero attached hydrogens (tertiary/aromatic N) is 2. The van der Waals surface area contributed by atoms with Crippen molar-refractivity contribution in [2.45, 2.75) is 57.0 Å². The van der Waals surface area contributed by atoms with Gasteiger partial charge < -0.3 is 24.6 Å². The molecular weight excluding hydrogens is 371 g/mol. The van der Waals surface area contributed by atoms with E-state index < -0.39 is 48.0 Å². The topological polar surface area (TPSA) is 88.2 Å². The number of carbonyl (C=O) groups is 3. The molecule has 2 heterocycles. The third-order valence-corrected chi connectivity index (χ3v) is 4.63. The number of hydrogen-bond acceptors (Lipinski definition) is 5. The van der Waals surface area contributed by atoms with Gasteiger partial charge in [-0.2, -0.15) is 13.2 Å². The number of piperidine rings is 1. The molecule has 1 atom stereocenters. The molecule has 1 N–H and O–H groups in total. The van der Waals surface area contributed by atoms with E-state index >= 15 is 0 Å². The highest BCUT2D eigenvalue weighted by atomic mass is 19.4. The molecule has 0 radical (unpaired) electrons. The normalized spacial score (nSPS) is 23.1. The zero-order valence-corrected chi connectivity index (χ0v) is 15.7. The third kappa shape index (κ3) is 4.38. The van der Waals surface area contributed by atoms with Crippen LogP contribution in [0.5, 0.6) is 0 Å². The molecule has 2 saturated heterocycles. The first kappa shape index (κ1) is 21.1. The Morgan fingerprint density at radius 3 is 2.15 bits per heavy atom. The number of methoxy groups -OCH3 is 1. The molecule has 154 valence electrons. The van der Waals surface area contributed by atoms with E-state index in [0.29, 0.717) is 0 Å². The van der Waals surface area contributed by atoms with Crippen molar-refractivity contribution >= 4 is 18.1 Å². The number of esters is 1. The van der Waals surface area contributed by atoms with Crippen molar-refractivity contribution in [2.75, 3.05) is 26.7 Å². The Morgan fingerprint density at radius 2 is 1.74 bits per heavy atom. The third-order valence-electron chi connectivity index (χ3n) is 4.63. The van der Waals surface area contributed by atoms with Crippen LogP contribution in [0.3, 0.4) is 0 Å². The maximum Gasteiger partial charge on any atom is 0.410 e. The van der Waals surface area contributed by atoms with E-state index in [1.807, 2.05) is 5.32 Å². The van der Waals surface area contributed by atoms with E-state index in [1.165, 1.54) is 4.90 Å². The van der Waals surface area contributed by atoms with Crippen LogP contribution in [0.2, 0.25) is 0 Å². The molecule has 0 aliphatic carbocycles. The lowest BCUT2D eigenvalue weighted by Crippen LogP contribution is -2.62. The first-order valence-corrected chi connectivity index (χ1v) is 8.51. The van der Waals surface area contributed by atoms with Crippen LogP contribution < -0.4 is 5.32 Å². The minimum atomic E-state index is -4.63. The Hall–Kier alpha value is -2.20. The molecule has 2 aliphatic heterocycles. The highest BCUT2D eigenvalue weighted by molar-refractivity contribution is 5.89. The quantitative estimate of drug-likeness (QED) is 0.722. The van der Waals surface area contributed by atoms with Crippen LogP contribution in [0.1, 0.15) is 33.6 Å².